The third kappa shape index (κ3) is 2.92. The van der Waals surface area contributed by atoms with Crippen molar-refractivity contribution < 1.29 is 14.3 Å². The molecule has 1 atom stereocenters. The Balaban J connectivity index is 2.11. The van der Waals surface area contributed by atoms with Crippen molar-refractivity contribution >= 4 is 17.3 Å². The Bertz CT molecular complexity index is 428. The number of methoxy groups -OCH3 is 1. The molecule has 1 heterocycles. The predicted molar refractivity (Wildman–Crippen MR) is 69.7 cm³/mol. The van der Waals surface area contributed by atoms with E-state index in [9.17, 15) is 4.79 Å². The van der Waals surface area contributed by atoms with Gasteiger partial charge in [-0.05, 0) is 31.0 Å². The standard InChI is InChI=1S/C13H18N2O3/c1-17-13(16)11-7-9(4-5-12(11)14)15-10-3-2-6-18-8-10/h4-5,7,10,15H,2-3,6,8,14H2,1H3. The lowest BCUT2D eigenvalue weighted by Gasteiger charge is -2.24. The zero-order chi connectivity index (χ0) is 13.0. The van der Waals surface area contributed by atoms with Gasteiger partial charge >= 0.3 is 5.97 Å². The molecule has 98 valence electrons. The van der Waals surface area contributed by atoms with Gasteiger partial charge in [0.2, 0.25) is 0 Å². The van der Waals surface area contributed by atoms with Crippen LogP contribution in [0.2, 0.25) is 0 Å². The minimum atomic E-state index is -0.420. The van der Waals surface area contributed by atoms with E-state index >= 15 is 0 Å². The molecule has 2 rings (SSSR count). The van der Waals surface area contributed by atoms with Crippen LogP contribution >= 0.6 is 0 Å². The van der Waals surface area contributed by atoms with Gasteiger partial charge in [0.1, 0.15) is 0 Å². The highest BCUT2D eigenvalue weighted by molar-refractivity contribution is 5.96. The molecule has 0 spiro atoms. The van der Waals surface area contributed by atoms with Gasteiger partial charge in [-0.1, -0.05) is 0 Å². The SMILES string of the molecule is COC(=O)c1cc(NC2CCCOC2)ccc1N. The van der Waals surface area contributed by atoms with Crippen molar-refractivity contribution in [2.45, 2.75) is 18.9 Å². The van der Waals surface area contributed by atoms with Gasteiger partial charge in [0.05, 0.1) is 19.3 Å². The normalized spacial score (nSPS) is 19.3. The summed E-state index contributed by atoms with van der Waals surface area (Å²) in [6.45, 7) is 1.52. The Morgan fingerprint density at radius 1 is 1.56 bits per heavy atom. The highest BCUT2D eigenvalue weighted by Gasteiger charge is 2.15. The molecule has 5 heteroatoms. The Morgan fingerprint density at radius 2 is 2.39 bits per heavy atom. The summed E-state index contributed by atoms with van der Waals surface area (Å²) in [6, 6.07) is 5.57. The van der Waals surface area contributed by atoms with Crippen molar-refractivity contribution in [3.63, 3.8) is 0 Å². The van der Waals surface area contributed by atoms with Crippen LogP contribution in [0.5, 0.6) is 0 Å². The molecule has 0 amide bonds. The van der Waals surface area contributed by atoms with E-state index in [0.29, 0.717) is 17.9 Å². The molecule has 3 N–H and O–H groups in total. The van der Waals surface area contributed by atoms with Gasteiger partial charge in [0.15, 0.2) is 0 Å². The van der Waals surface area contributed by atoms with Gasteiger partial charge in [-0.2, -0.15) is 0 Å². The van der Waals surface area contributed by atoms with Gasteiger partial charge < -0.3 is 20.5 Å². The van der Waals surface area contributed by atoms with Crippen LogP contribution in [0.25, 0.3) is 0 Å². The molecule has 1 fully saturated rings. The van der Waals surface area contributed by atoms with E-state index in [1.165, 1.54) is 7.11 Å². The summed E-state index contributed by atoms with van der Waals surface area (Å²) >= 11 is 0. The number of benzene rings is 1. The number of nitrogens with two attached hydrogens (primary N) is 1. The summed E-state index contributed by atoms with van der Waals surface area (Å²) in [6.07, 6.45) is 2.12. The molecule has 1 aromatic carbocycles. The molecule has 0 radical (unpaired) electrons. The van der Waals surface area contributed by atoms with Gasteiger partial charge in [0.25, 0.3) is 0 Å². The van der Waals surface area contributed by atoms with Gasteiger partial charge in [-0.15, -0.1) is 0 Å². The van der Waals surface area contributed by atoms with Crippen LogP contribution in [-0.2, 0) is 9.47 Å². The third-order valence-corrected chi connectivity index (χ3v) is 2.99. The smallest absolute Gasteiger partial charge is 0.340 e. The number of carbonyl (C=O) groups excluding carboxylic acids is 1. The van der Waals surface area contributed by atoms with Crippen LogP contribution in [0.15, 0.2) is 18.2 Å². The maximum absolute atomic E-state index is 11.5. The Kier molecular flexibility index (Phi) is 4.04. The molecule has 1 aromatic rings. The van der Waals surface area contributed by atoms with Gasteiger partial charge in [-0.25, -0.2) is 4.79 Å². The molecule has 1 aliphatic rings. The molecular formula is C13H18N2O3. The number of rotatable bonds is 3. The fraction of sp³-hybridized carbons (Fsp3) is 0.462. The van der Waals surface area contributed by atoms with E-state index < -0.39 is 5.97 Å². The molecule has 1 saturated heterocycles. The maximum Gasteiger partial charge on any atom is 0.340 e. The van der Waals surface area contributed by atoms with Crippen LogP contribution < -0.4 is 11.1 Å². The lowest BCUT2D eigenvalue weighted by molar-refractivity contribution is 0.0602. The fourth-order valence-corrected chi connectivity index (χ4v) is 2.02. The minimum absolute atomic E-state index is 0.285. The fourth-order valence-electron chi connectivity index (χ4n) is 2.02. The summed E-state index contributed by atoms with van der Waals surface area (Å²) in [5, 5.41) is 3.34. The van der Waals surface area contributed by atoms with Crippen molar-refractivity contribution in [3.05, 3.63) is 23.8 Å². The molecule has 5 nitrogen and oxygen atoms in total. The number of ether oxygens (including phenoxy) is 2. The Morgan fingerprint density at radius 3 is 3.06 bits per heavy atom. The van der Waals surface area contributed by atoms with E-state index in [0.717, 1.165) is 25.1 Å². The topological polar surface area (TPSA) is 73.6 Å². The average molecular weight is 250 g/mol. The first-order chi connectivity index (χ1) is 8.70. The van der Waals surface area contributed by atoms with Crippen molar-refractivity contribution in [1.29, 1.82) is 0 Å². The van der Waals surface area contributed by atoms with Crippen molar-refractivity contribution in [2.24, 2.45) is 0 Å². The van der Waals surface area contributed by atoms with Crippen molar-refractivity contribution in [1.82, 2.24) is 0 Å². The minimum Gasteiger partial charge on any atom is -0.465 e. The van der Waals surface area contributed by atoms with Gasteiger partial charge in [0, 0.05) is 24.0 Å². The Labute approximate surface area is 106 Å². The van der Waals surface area contributed by atoms with E-state index in [1.807, 2.05) is 6.07 Å². The molecule has 1 aliphatic heterocycles. The van der Waals surface area contributed by atoms with E-state index in [1.54, 1.807) is 12.1 Å². The Hall–Kier alpha value is -1.75. The molecule has 1 unspecified atom stereocenters. The van der Waals surface area contributed by atoms with E-state index in [-0.39, 0.29) is 6.04 Å². The zero-order valence-corrected chi connectivity index (χ0v) is 10.4. The summed E-state index contributed by atoms with van der Waals surface area (Å²) in [7, 11) is 1.34. The quantitative estimate of drug-likeness (QED) is 0.630. The molecule has 0 saturated carbocycles. The first-order valence-corrected chi connectivity index (χ1v) is 6.03. The number of hydrogen-bond donors (Lipinski definition) is 2. The van der Waals surface area contributed by atoms with Crippen molar-refractivity contribution in [2.75, 3.05) is 31.4 Å². The second kappa shape index (κ2) is 5.73. The molecule has 18 heavy (non-hydrogen) atoms. The maximum atomic E-state index is 11.5. The number of nitrogens with one attached hydrogen (secondary N) is 1. The monoisotopic (exact) mass is 250 g/mol. The predicted octanol–water partition coefficient (Wildman–Crippen LogP) is 1.65. The molecule has 0 aliphatic carbocycles. The number of carbonyl (C=O) groups is 1. The van der Waals surface area contributed by atoms with Crippen LogP contribution in [0.1, 0.15) is 23.2 Å². The molecular weight excluding hydrogens is 232 g/mol. The molecule has 0 aromatic heterocycles. The summed E-state index contributed by atoms with van der Waals surface area (Å²) in [5.41, 5.74) is 7.42. The van der Waals surface area contributed by atoms with Crippen LogP contribution in [0, 0.1) is 0 Å². The van der Waals surface area contributed by atoms with Crippen LogP contribution in [0.3, 0.4) is 0 Å². The van der Waals surface area contributed by atoms with Gasteiger partial charge in [-0.3, -0.25) is 0 Å². The summed E-state index contributed by atoms with van der Waals surface area (Å²) < 4.78 is 10.1. The van der Waals surface area contributed by atoms with Crippen molar-refractivity contribution in [3.8, 4) is 0 Å². The zero-order valence-electron chi connectivity index (χ0n) is 10.4. The first kappa shape index (κ1) is 12.7. The van der Waals surface area contributed by atoms with Crippen LogP contribution in [-0.4, -0.2) is 32.3 Å². The number of anilines is 2. The highest BCUT2D eigenvalue weighted by Crippen LogP contribution is 2.21. The average Bonchev–Trinajstić information content (AvgIpc) is 2.41. The third-order valence-electron chi connectivity index (χ3n) is 2.99. The second-order valence-electron chi connectivity index (χ2n) is 4.35. The van der Waals surface area contributed by atoms with E-state index in [4.69, 9.17) is 15.2 Å². The molecule has 0 bridgehead atoms. The number of hydrogen-bond acceptors (Lipinski definition) is 5. The second-order valence-corrected chi connectivity index (χ2v) is 4.35. The first-order valence-electron chi connectivity index (χ1n) is 6.03. The lowest BCUT2D eigenvalue weighted by Crippen LogP contribution is -2.30. The lowest BCUT2D eigenvalue weighted by atomic mass is 10.1. The summed E-state index contributed by atoms with van der Waals surface area (Å²) in [5.74, 6) is -0.420. The number of nitrogen functional groups attached to an aromatic ring is 1. The van der Waals surface area contributed by atoms with Crippen LogP contribution in [0.4, 0.5) is 11.4 Å². The largest absolute Gasteiger partial charge is 0.465 e. The number of esters is 1. The van der Waals surface area contributed by atoms with E-state index in [2.05, 4.69) is 5.32 Å². The summed E-state index contributed by atoms with van der Waals surface area (Å²) in [4.78, 5) is 11.5. The highest BCUT2D eigenvalue weighted by atomic mass is 16.5.